The van der Waals surface area contributed by atoms with Crippen molar-refractivity contribution in [2.45, 2.75) is 25.3 Å². The van der Waals surface area contributed by atoms with Crippen molar-refractivity contribution in [2.75, 3.05) is 31.6 Å². The molecule has 2 aromatic rings. The molecule has 1 atom stereocenters. The summed E-state index contributed by atoms with van der Waals surface area (Å²) >= 11 is 6.63. The third-order valence-electron chi connectivity index (χ3n) is 5.45. The Morgan fingerprint density at radius 1 is 1.39 bits per heavy atom. The summed E-state index contributed by atoms with van der Waals surface area (Å²) in [6.45, 7) is 2.22. The van der Waals surface area contributed by atoms with Crippen LogP contribution in [0.1, 0.15) is 35.7 Å². The third kappa shape index (κ3) is 3.47. The fourth-order valence-corrected chi connectivity index (χ4v) is 4.41. The Balaban J connectivity index is 0.00000225. The van der Waals surface area contributed by atoms with Gasteiger partial charge in [0.05, 0.1) is 21.6 Å². The summed E-state index contributed by atoms with van der Waals surface area (Å²) in [5, 5.41) is 12.7. The Hall–Kier alpha value is -1.83. The molecular weight excluding hydrogens is 408 g/mol. The topological polar surface area (TPSA) is 74.6 Å². The molecule has 0 amide bonds. The molecule has 9 heteroatoms. The SMILES string of the molecule is CNCC1CCN(c2c(F)cc3c(=O)c(C(=O)O)cn(C4CC4)c3c2Cl)C1.Cl. The lowest BCUT2D eigenvalue weighted by molar-refractivity contribution is 0.0695. The first kappa shape index (κ1) is 20.9. The van der Waals surface area contributed by atoms with Crippen molar-refractivity contribution in [3.8, 4) is 0 Å². The van der Waals surface area contributed by atoms with Crippen LogP contribution in [0.4, 0.5) is 10.1 Å². The monoisotopic (exact) mass is 429 g/mol. The van der Waals surface area contributed by atoms with Gasteiger partial charge in [-0.05, 0) is 44.8 Å². The molecule has 2 fully saturated rings. The highest BCUT2D eigenvalue weighted by Crippen LogP contribution is 2.42. The number of nitrogens with zero attached hydrogens (tertiary/aromatic N) is 2. The molecule has 2 heterocycles. The largest absolute Gasteiger partial charge is 0.477 e. The molecule has 1 aliphatic carbocycles. The Morgan fingerprint density at radius 3 is 2.71 bits per heavy atom. The summed E-state index contributed by atoms with van der Waals surface area (Å²) in [5.41, 5.74) is -0.314. The number of aromatic carboxylic acids is 1. The standard InChI is InChI=1S/C19H21ClFN3O3.ClH/c1-22-7-10-4-5-23(8-10)17-14(21)6-12-16(15(17)20)24(11-2-3-11)9-13(18(12)25)19(26)27;/h6,9-11,22H,2-5,7-8H2,1H3,(H,26,27);1H. The summed E-state index contributed by atoms with van der Waals surface area (Å²) in [7, 11) is 1.89. The fraction of sp³-hybridized carbons (Fsp3) is 0.474. The Labute approximate surface area is 172 Å². The fourth-order valence-electron chi connectivity index (χ4n) is 4.01. The lowest BCUT2D eigenvalue weighted by Gasteiger charge is -2.23. The van der Waals surface area contributed by atoms with E-state index in [2.05, 4.69) is 5.32 Å². The molecule has 4 rings (SSSR count). The zero-order valence-corrected chi connectivity index (χ0v) is 16.9. The van der Waals surface area contributed by atoms with Crippen molar-refractivity contribution in [2.24, 2.45) is 5.92 Å². The number of pyridine rings is 1. The van der Waals surface area contributed by atoms with Gasteiger partial charge in [-0.15, -0.1) is 12.4 Å². The van der Waals surface area contributed by atoms with Gasteiger partial charge in [-0.3, -0.25) is 4.79 Å². The van der Waals surface area contributed by atoms with Crippen LogP contribution in [0, 0.1) is 11.7 Å². The Morgan fingerprint density at radius 2 is 2.11 bits per heavy atom. The quantitative estimate of drug-likeness (QED) is 0.762. The number of nitrogens with one attached hydrogen (secondary N) is 1. The number of aromatic nitrogens is 1. The molecule has 2 N–H and O–H groups in total. The number of halogens is 3. The average molecular weight is 430 g/mol. The second kappa shape index (κ2) is 7.89. The molecule has 152 valence electrons. The predicted molar refractivity (Wildman–Crippen MR) is 110 cm³/mol. The minimum atomic E-state index is -1.31. The summed E-state index contributed by atoms with van der Waals surface area (Å²) in [6, 6.07) is 1.24. The molecule has 1 aromatic heterocycles. The zero-order valence-electron chi connectivity index (χ0n) is 15.4. The number of hydrogen-bond acceptors (Lipinski definition) is 4. The normalized spacial score (nSPS) is 19.1. The van der Waals surface area contributed by atoms with Gasteiger partial charge in [0.25, 0.3) is 0 Å². The number of rotatable bonds is 5. The van der Waals surface area contributed by atoms with Gasteiger partial charge in [-0.1, -0.05) is 11.6 Å². The maximum Gasteiger partial charge on any atom is 0.341 e. The van der Waals surface area contributed by atoms with Crippen molar-refractivity contribution < 1.29 is 14.3 Å². The van der Waals surface area contributed by atoms with Crippen LogP contribution in [0.5, 0.6) is 0 Å². The van der Waals surface area contributed by atoms with Gasteiger partial charge in [-0.2, -0.15) is 0 Å². The molecule has 2 aliphatic rings. The zero-order chi connectivity index (χ0) is 19.3. The van der Waals surface area contributed by atoms with E-state index in [0.29, 0.717) is 30.2 Å². The minimum absolute atomic E-state index is 0. The molecule has 0 bridgehead atoms. The number of carbonyl (C=O) groups is 1. The van der Waals surface area contributed by atoms with Crippen molar-refractivity contribution in [1.82, 2.24) is 9.88 Å². The number of anilines is 1. The first-order valence-corrected chi connectivity index (χ1v) is 9.49. The second-order valence-electron chi connectivity index (χ2n) is 7.39. The van der Waals surface area contributed by atoms with E-state index < -0.39 is 17.2 Å². The van der Waals surface area contributed by atoms with Gasteiger partial charge in [0, 0.05) is 25.3 Å². The first-order valence-electron chi connectivity index (χ1n) is 9.12. The van der Waals surface area contributed by atoms with Gasteiger partial charge in [0.1, 0.15) is 11.4 Å². The van der Waals surface area contributed by atoms with E-state index in [1.165, 1.54) is 6.20 Å². The minimum Gasteiger partial charge on any atom is -0.477 e. The lowest BCUT2D eigenvalue weighted by Crippen LogP contribution is -2.26. The predicted octanol–water partition coefficient (Wildman–Crippen LogP) is 3.29. The van der Waals surface area contributed by atoms with Crippen LogP contribution in [0.15, 0.2) is 17.1 Å². The van der Waals surface area contributed by atoms with Crippen LogP contribution in [-0.2, 0) is 0 Å². The van der Waals surface area contributed by atoms with E-state index in [4.69, 9.17) is 11.6 Å². The Bertz CT molecular complexity index is 991. The van der Waals surface area contributed by atoms with Crippen LogP contribution in [-0.4, -0.2) is 42.3 Å². The van der Waals surface area contributed by atoms with E-state index in [-0.39, 0.29) is 34.4 Å². The maximum atomic E-state index is 15.0. The molecule has 1 saturated heterocycles. The lowest BCUT2D eigenvalue weighted by atomic mass is 10.1. The van der Waals surface area contributed by atoms with E-state index in [0.717, 1.165) is 31.9 Å². The number of carboxylic acid groups (broad SMARTS) is 1. The molecule has 0 radical (unpaired) electrons. The molecule has 1 saturated carbocycles. The molecule has 28 heavy (non-hydrogen) atoms. The van der Waals surface area contributed by atoms with Gasteiger partial charge in [-0.25, -0.2) is 9.18 Å². The second-order valence-corrected chi connectivity index (χ2v) is 7.77. The van der Waals surface area contributed by atoms with E-state index in [1.54, 1.807) is 4.57 Å². The molecular formula is C19H22Cl2FN3O3. The smallest absolute Gasteiger partial charge is 0.341 e. The maximum absolute atomic E-state index is 15.0. The Kier molecular flexibility index (Phi) is 5.89. The van der Waals surface area contributed by atoms with Crippen molar-refractivity contribution in [1.29, 1.82) is 0 Å². The van der Waals surface area contributed by atoms with E-state index in [9.17, 15) is 19.1 Å². The van der Waals surface area contributed by atoms with Crippen LogP contribution < -0.4 is 15.6 Å². The average Bonchev–Trinajstić information content (AvgIpc) is 3.36. The summed E-state index contributed by atoms with van der Waals surface area (Å²) in [6.07, 6.45) is 4.05. The molecule has 6 nitrogen and oxygen atoms in total. The van der Waals surface area contributed by atoms with Crippen LogP contribution in [0.3, 0.4) is 0 Å². The van der Waals surface area contributed by atoms with Gasteiger partial charge in [0.2, 0.25) is 5.43 Å². The van der Waals surface area contributed by atoms with Crippen LogP contribution in [0.2, 0.25) is 5.02 Å². The third-order valence-corrected chi connectivity index (χ3v) is 5.81. The highest BCUT2D eigenvalue weighted by Gasteiger charge is 2.32. The first-order chi connectivity index (χ1) is 12.9. The van der Waals surface area contributed by atoms with Crippen molar-refractivity contribution >= 4 is 46.6 Å². The molecule has 1 aliphatic heterocycles. The van der Waals surface area contributed by atoms with E-state index in [1.807, 2.05) is 11.9 Å². The van der Waals surface area contributed by atoms with Gasteiger partial charge < -0.3 is 19.9 Å². The van der Waals surface area contributed by atoms with Gasteiger partial charge >= 0.3 is 5.97 Å². The van der Waals surface area contributed by atoms with Gasteiger partial charge in [0.15, 0.2) is 0 Å². The van der Waals surface area contributed by atoms with Crippen molar-refractivity contribution in [3.05, 3.63) is 38.9 Å². The summed E-state index contributed by atoms with van der Waals surface area (Å²) in [5.74, 6) is -1.49. The number of benzene rings is 1. The van der Waals surface area contributed by atoms with Crippen molar-refractivity contribution in [3.63, 3.8) is 0 Å². The number of hydrogen-bond donors (Lipinski definition) is 2. The molecule has 1 unspecified atom stereocenters. The highest BCUT2D eigenvalue weighted by molar-refractivity contribution is 6.38. The summed E-state index contributed by atoms with van der Waals surface area (Å²) in [4.78, 5) is 26.0. The summed E-state index contributed by atoms with van der Waals surface area (Å²) < 4.78 is 16.7. The highest BCUT2D eigenvalue weighted by atomic mass is 35.5. The van der Waals surface area contributed by atoms with Crippen LogP contribution in [0.25, 0.3) is 10.9 Å². The van der Waals surface area contributed by atoms with E-state index >= 15 is 0 Å². The number of fused-ring (bicyclic) bond motifs is 1. The number of carboxylic acids is 1. The molecule has 1 aromatic carbocycles. The van der Waals surface area contributed by atoms with Crippen LogP contribution >= 0.6 is 24.0 Å². The molecule has 0 spiro atoms.